The zero-order chi connectivity index (χ0) is 24.3. The van der Waals surface area contributed by atoms with E-state index < -0.39 is 5.54 Å². The number of thiazole rings is 1. The van der Waals surface area contributed by atoms with Gasteiger partial charge in [-0.3, -0.25) is 4.79 Å². The first-order valence-electron chi connectivity index (χ1n) is 11.9. The van der Waals surface area contributed by atoms with E-state index in [1.807, 2.05) is 31.3 Å². The number of carbonyl (C=O) groups is 1. The van der Waals surface area contributed by atoms with Crippen LogP contribution in [0.3, 0.4) is 0 Å². The first kappa shape index (κ1) is 22.9. The summed E-state index contributed by atoms with van der Waals surface area (Å²) in [7, 11) is 0. The van der Waals surface area contributed by atoms with E-state index in [1.165, 1.54) is 11.3 Å². The Balaban J connectivity index is 1.73. The predicted octanol–water partition coefficient (Wildman–Crippen LogP) is 6.54. The van der Waals surface area contributed by atoms with Crippen LogP contribution < -0.4 is 0 Å². The van der Waals surface area contributed by atoms with Crippen LogP contribution in [0.25, 0.3) is 0 Å². The van der Waals surface area contributed by atoms with Crippen molar-refractivity contribution in [3.63, 3.8) is 0 Å². The number of imidazole rings is 1. The van der Waals surface area contributed by atoms with Gasteiger partial charge in [-0.05, 0) is 29.5 Å². The van der Waals surface area contributed by atoms with Gasteiger partial charge >= 0.3 is 0 Å². The molecule has 0 saturated heterocycles. The molecule has 5 rings (SSSR count). The van der Waals surface area contributed by atoms with Crippen LogP contribution in [-0.2, 0) is 18.4 Å². The van der Waals surface area contributed by atoms with Crippen molar-refractivity contribution >= 4 is 17.1 Å². The maximum atomic E-state index is 13.6. The average molecular weight is 478 g/mol. The van der Waals surface area contributed by atoms with Crippen molar-refractivity contribution in [2.45, 2.75) is 32.2 Å². The van der Waals surface area contributed by atoms with Crippen molar-refractivity contribution in [3.8, 4) is 0 Å². The Kier molecular flexibility index (Phi) is 6.43. The van der Waals surface area contributed by atoms with Crippen LogP contribution in [0, 0.1) is 0 Å². The van der Waals surface area contributed by atoms with Crippen molar-refractivity contribution < 1.29 is 4.79 Å². The quantitative estimate of drug-likeness (QED) is 0.188. The van der Waals surface area contributed by atoms with Gasteiger partial charge in [-0.25, -0.2) is 9.97 Å². The smallest absolute Gasteiger partial charge is 0.224 e. The number of nitrogens with zero attached hydrogens (tertiary/aromatic N) is 3. The summed E-state index contributed by atoms with van der Waals surface area (Å²) >= 11 is 1.48. The van der Waals surface area contributed by atoms with Crippen LogP contribution in [-0.4, -0.2) is 20.3 Å². The van der Waals surface area contributed by atoms with Gasteiger partial charge in [-0.1, -0.05) is 105 Å². The number of aromatic nitrogens is 3. The number of carbonyl (C=O) groups excluding carboxylic acids is 1. The third-order valence-corrected chi connectivity index (χ3v) is 7.60. The van der Waals surface area contributed by atoms with E-state index in [-0.39, 0.29) is 5.78 Å². The molecule has 0 aliphatic carbocycles. The van der Waals surface area contributed by atoms with E-state index in [4.69, 9.17) is 0 Å². The lowest BCUT2D eigenvalue weighted by Crippen LogP contribution is -2.37. The Morgan fingerprint density at radius 2 is 1.31 bits per heavy atom. The standard InChI is InChI=1S/C30H27N3OS/c1-3-25-29(35-27(4-2)32-25)28(34)26-20-33(21-31-26)30(22-14-8-5-9-15-22,23-16-10-6-11-17-23)24-18-12-7-13-19-24/h5-21H,3-4H2,1-2H3. The van der Waals surface area contributed by atoms with E-state index in [2.05, 4.69) is 94.3 Å². The van der Waals surface area contributed by atoms with E-state index in [0.717, 1.165) is 40.2 Å². The summed E-state index contributed by atoms with van der Waals surface area (Å²) in [6.07, 6.45) is 5.21. The Hall–Kier alpha value is -3.83. The molecule has 0 radical (unpaired) electrons. The molecule has 0 spiro atoms. The predicted molar refractivity (Wildman–Crippen MR) is 141 cm³/mol. The summed E-state index contributed by atoms with van der Waals surface area (Å²) in [6, 6.07) is 31.2. The Bertz CT molecular complexity index is 1330. The molecule has 0 aliphatic rings. The molecule has 4 nitrogen and oxygen atoms in total. The summed E-state index contributed by atoms with van der Waals surface area (Å²) in [5.74, 6) is -0.0686. The molecule has 0 N–H and O–H groups in total. The molecule has 0 fully saturated rings. The van der Waals surface area contributed by atoms with Crippen molar-refractivity contribution in [1.29, 1.82) is 0 Å². The second kappa shape index (κ2) is 9.80. The normalized spacial score (nSPS) is 11.5. The fraction of sp³-hybridized carbons (Fsp3) is 0.167. The molecule has 0 amide bonds. The van der Waals surface area contributed by atoms with Gasteiger partial charge in [-0.15, -0.1) is 11.3 Å². The molecule has 0 saturated carbocycles. The highest BCUT2D eigenvalue weighted by Gasteiger charge is 2.38. The highest BCUT2D eigenvalue weighted by Crippen LogP contribution is 2.41. The summed E-state index contributed by atoms with van der Waals surface area (Å²) in [6.45, 7) is 4.10. The molecule has 174 valence electrons. The lowest BCUT2D eigenvalue weighted by molar-refractivity contribution is 0.103. The highest BCUT2D eigenvalue weighted by molar-refractivity contribution is 7.14. The fourth-order valence-corrected chi connectivity index (χ4v) is 5.74. The van der Waals surface area contributed by atoms with Crippen LogP contribution in [0.15, 0.2) is 104 Å². The van der Waals surface area contributed by atoms with Crippen LogP contribution in [0.1, 0.15) is 56.6 Å². The minimum absolute atomic E-state index is 0.0686. The van der Waals surface area contributed by atoms with Gasteiger partial charge in [0.25, 0.3) is 0 Å². The van der Waals surface area contributed by atoms with Gasteiger partial charge in [0.1, 0.15) is 16.1 Å². The van der Waals surface area contributed by atoms with Crippen LogP contribution >= 0.6 is 11.3 Å². The Morgan fingerprint density at radius 1 is 0.800 bits per heavy atom. The molecule has 5 heteroatoms. The lowest BCUT2D eigenvalue weighted by atomic mass is 9.77. The van der Waals surface area contributed by atoms with Gasteiger partial charge in [0.2, 0.25) is 5.78 Å². The first-order chi connectivity index (χ1) is 17.2. The van der Waals surface area contributed by atoms with Gasteiger partial charge < -0.3 is 4.57 Å². The largest absolute Gasteiger partial charge is 0.318 e. The minimum Gasteiger partial charge on any atom is -0.318 e. The molecule has 0 bridgehead atoms. The molecule has 2 heterocycles. The number of hydrogen-bond donors (Lipinski definition) is 0. The van der Waals surface area contributed by atoms with Crippen molar-refractivity contribution in [2.24, 2.45) is 0 Å². The fourth-order valence-electron chi connectivity index (χ4n) is 4.69. The maximum Gasteiger partial charge on any atom is 0.224 e. The van der Waals surface area contributed by atoms with Gasteiger partial charge in [0.15, 0.2) is 0 Å². The number of aryl methyl sites for hydroxylation is 2. The SMILES string of the molecule is CCc1nc(CC)c(C(=O)c2cn(C(c3ccccc3)(c3ccccc3)c3ccccc3)cn2)s1. The summed E-state index contributed by atoms with van der Waals surface area (Å²) < 4.78 is 2.08. The van der Waals surface area contributed by atoms with E-state index >= 15 is 0 Å². The maximum absolute atomic E-state index is 13.6. The minimum atomic E-state index is -0.689. The molecule has 0 aliphatic heterocycles. The van der Waals surface area contributed by atoms with Gasteiger partial charge in [-0.2, -0.15) is 0 Å². The monoisotopic (exact) mass is 477 g/mol. The van der Waals surface area contributed by atoms with Crippen LogP contribution in [0.2, 0.25) is 0 Å². The van der Waals surface area contributed by atoms with E-state index in [0.29, 0.717) is 10.6 Å². The molecular formula is C30H27N3OS. The van der Waals surface area contributed by atoms with Crippen LogP contribution in [0.4, 0.5) is 0 Å². The molecule has 0 unspecified atom stereocenters. The summed E-state index contributed by atoms with van der Waals surface area (Å²) in [4.78, 5) is 23.6. The topological polar surface area (TPSA) is 47.8 Å². The van der Waals surface area contributed by atoms with Gasteiger partial charge in [0.05, 0.1) is 17.0 Å². The van der Waals surface area contributed by atoms with E-state index in [9.17, 15) is 4.79 Å². The average Bonchev–Trinajstić information content (AvgIpc) is 3.59. The van der Waals surface area contributed by atoms with Crippen molar-refractivity contribution in [3.05, 3.63) is 141 Å². The third kappa shape index (κ3) is 4.02. The molecule has 0 atom stereocenters. The Labute approximate surface area is 210 Å². The second-order valence-electron chi connectivity index (χ2n) is 8.39. The zero-order valence-corrected chi connectivity index (χ0v) is 20.7. The number of hydrogen-bond acceptors (Lipinski definition) is 4. The summed E-state index contributed by atoms with van der Waals surface area (Å²) in [5.41, 5.74) is 3.87. The highest BCUT2D eigenvalue weighted by atomic mass is 32.1. The number of benzene rings is 3. The molecule has 35 heavy (non-hydrogen) atoms. The van der Waals surface area contributed by atoms with Crippen LogP contribution in [0.5, 0.6) is 0 Å². The molecular weight excluding hydrogens is 450 g/mol. The zero-order valence-electron chi connectivity index (χ0n) is 19.9. The Morgan fingerprint density at radius 3 is 1.77 bits per heavy atom. The number of rotatable bonds is 8. The van der Waals surface area contributed by atoms with Gasteiger partial charge in [0, 0.05) is 6.20 Å². The van der Waals surface area contributed by atoms with E-state index in [1.54, 1.807) is 6.33 Å². The number of ketones is 1. The van der Waals surface area contributed by atoms with Crippen molar-refractivity contribution in [2.75, 3.05) is 0 Å². The van der Waals surface area contributed by atoms with Crippen molar-refractivity contribution in [1.82, 2.24) is 14.5 Å². The summed E-state index contributed by atoms with van der Waals surface area (Å²) in [5, 5.41) is 0.983. The second-order valence-corrected chi connectivity index (χ2v) is 9.48. The third-order valence-electron chi connectivity index (χ3n) is 6.36. The molecule has 2 aromatic heterocycles. The lowest BCUT2D eigenvalue weighted by Gasteiger charge is -2.37. The first-order valence-corrected chi connectivity index (χ1v) is 12.7. The molecule has 3 aromatic carbocycles. The molecule has 5 aromatic rings.